The van der Waals surface area contributed by atoms with Crippen LogP contribution in [0.2, 0.25) is 0 Å². The van der Waals surface area contributed by atoms with Crippen molar-refractivity contribution in [2.75, 3.05) is 14.2 Å². The topological polar surface area (TPSA) is 65.4 Å². The Labute approximate surface area is 117 Å². The summed E-state index contributed by atoms with van der Waals surface area (Å²) >= 11 is 0. The van der Waals surface area contributed by atoms with E-state index in [-0.39, 0.29) is 5.91 Å². The van der Waals surface area contributed by atoms with Crippen LogP contribution in [0.25, 0.3) is 0 Å². The van der Waals surface area contributed by atoms with Crippen LogP contribution < -0.4 is 14.8 Å². The van der Waals surface area contributed by atoms with Gasteiger partial charge in [0.15, 0.2) is 0 Å². The number of aromatic nitrogens is 2. The molecule has 0 unspecified atom stereocenters. The van der Waals surface area contributed by atoms with E-state index >= 15 is 0 Å². The van der Waals surface area contributed by atoms with Crippen molar-refractivity contribution in [1.82, 2.24) is 15.1 Å². The summed E-state index contributed by atoms with van der Waals surface area (Å²) in [5, 5.41) is 6.87. The van der Waals surface area contributed by atoms with Gasteiger partial charge in [0.25, 0.3) is 5.91 Å². The number of benzene rings is 1. The summed E-state index contributed by atoms with van der Waals surface area (Å²) in [7, 11) is 4.84. The highest BCUT2D eigenvalue weighted by molar-refractivity contribution is 5.96. The second-order valence-electron chi connectivity index (χ2n) is 4.26. The summed E-state index contributed by atoms with van der Waals surface area (Å²) in [6.45, 7) is 0.431. The fourth-order valence-corrected chi connectivity index (χ4v) is 1.80. The second-order valence-corrected chi connectivity index (χ2v) is 4.26. The zero-order chi connectivity index (χ0) is 14.5. The maximum Gasteiger partial charge on any atom is 0.258 e. The number of nitrogens with zero attached hydrogens (tertiary/aromatic N) is 2. The molecule has 1 amide bonds. The lowest BCUT2D eigenvalue weighted by atomic mass is 10.2. The minimum atomic E-state index is -0.217. The van der Waals surface area contributed by atoms with E-state index in [1.807, 2.05) is 24.3 Å². The molecule has 1 heterocycles. The van der Waals surface area contributed by atoms with Gasteiger partial charge >= 0.3 is 0 Å². The molecule has 6 heteroatoms. The first-order chi connectivity index (χ1) is 9.63. The maximum atomic E-state index is 12.1. The zero-order valence-electron chi connectivity index (χ0n) is 11.7. The van der Waals surface area contributed by atoms with Crippen molar-refractivity contribution in [2.45, 2.75) is 6.54 Å². The van der Waals surface area contributed by atoms with Gasteiger partial charge in [-0.2, -0.15) is 0 Å². The molecule has 20 heavy (non-hydrogen) atoms. The number of methoxy groups -OCH3 is 2. The summed E-state index contributed by atoms with van der Waals surface area (Å²) in [6.07, 6.45) is 1.63. The third kappa shape index (κ3) is 3.09. The van der Waals surface area contributed by atoms with Crippen LogP contribution in [0.3, 0.4) is 0 Å². The van der Waals surface area contributed by atoms with Crippen molar-refractivity contribution in [3.63, 3.8) is 0 Å². The highest BCUT2D eigenvalue weighted by atomic mass is 16.5. The van der Waals surface area contributed by atoms with Gasteiger partial charge < -0.3 is 14.8 Å². The number of ether oxygens (including phenoxy) is 2. The van der Waals surface area contributed by atoms with Gasteiger partial charge in [0.1, 0.15) is 11.3 Å². The van der Waals surface area contributed by atoms with Crippen molar-refractivity contribution in [3.8, 4) is 11.6 Å². The van der Waals surface area contributed by atoms with E-state index in [0.717, 1.165) is 11.3 Å². The highest BCUT2D eigenvalue weighted by Crippen LogP contribution is 2.15. The minimum Gasteiger partial charge on any atom is -0.497 e. The van der Waals surface area contributed by atoms with Crippen LogP contribution in [-0.2, 0) is 13.6 Å². The smallest absolute Gasteiger partial charge is 0.258 e. The standard InChI is InChI=1S/C14H17N3O3/c1-17-9-12(14(16-17)20-3)13(18)15-8-10-4-6-11(19-2)7-5-10/h4-7,9H,8H2,1-3H3,(H,15,18). The molecule has 0 spiro atoms. The van der Waals surface area contributed by atoms with Gasteiger partial charge in [0.2, 0.25) is 5.88 Å². The molecule has 0 aliphatic carbocycles. The number of carbonyl (C=O) groups is 1. The Morgan fingerprint density at radius 1 is 1.25 bits per heavy atom. The van der Waals surface area contributed by atoms with Crippen LogP contribution in [-0.4, -0.2) is 29.9 Å². The van der Waals surface area contributed by atoms with Crippen molar-refractivity contribution >= 4 is 5.91 Å². The minimum absolute atomic E-state index is 0.217. The van der Waals surface area contributed by atoms with Crippen LogP contribution in [0.1, 0.15) is 15.9 Å². The first-order valence-electron chi connectivity index (χ1n) is 6.13. The molecule has 0 saturated heterocycles. The molecule has 0 radical (unpaired) electrons. The molecule has 0 saturated carbocycles. The van der Waals surface area contributed by atoms with E-state index in [1.165, 1.54) is 7.11 Å². The van der Waals surface area contributed by atoms with Gasteiger partial charge in [-0.05, 0) is 17.7 Å². The van der Waals surface area contributed by atoms with Crippen LogP contribution in [0.5, 0.6) is 11.6 Å². The van der Waals surface area contributed by atoms with E-state index in [0.29, 0.717) is 18.0 Å². The number of aryl methyl sites for hydroxylation is 1. The Kier molecular flexibility index (Phi) is 4.24. The molecular weight excluding hydrogens is 258 g/mol. The number of carbonyl (C=O) groups excluding carboxylic acids is 1. The molecule has 0 aliphatic rings. The molecular formula is C14H17N3O3. The Hall–Kier alpha value is -2.50. The number of hydrogen-bond donors (Lipinski definition) is 1. The fourth-order valence-electron chi connectivity index (χ4n) is 1.80. The molecule has 6 nitrogen and oxygen atoms in total. The maximum absolute atomic E-state index is 12.1. The van der Waals surface area contributed by atoms with Gasteiger partial charge in [0.05, 0.1) is 14.2 Å². The molecule has 2 rings (SSSR count). The van der Waals surface area contributed by atoms with E-state index in [1.54, 1.807) is 25.0 Å². The molecule has 2 aromatic rings. The van der Waals surface area contributed by atoms with E-state index in [9.17, 15) is 4.79 Å². The van der Waals surface area contributed by atoms with Crippen LogP contribution in [0.15, 0.2) is 30.5 Å². The van der Waals surface area contributed by atoms with Crippen LogP contribution >= 0.6 is 0 Å². The molecule has 0 atom stereocenters. The average molecular weight is 275 g/mol. The summed E-state index contributed by atoms with van der Waals surface area (Å²) in [4.78, 5) is 12.1. The molecule has 0 bridgehead atoms. The third-order valence-electron chi connectivity index (χ3n) is 2.85. The molecule has 1 aromatic carbocycles. The Balaban J connectivity index is 2.00. The van der Waals surface area contributed by atoms with Gasteiger partial charge in [-0.3, -0.25) is 9.48 Å². The third-order valence-corrected chi connectivity index (χ3v) is 2.85. The molecule has 106 valence electrons. The zero-order valence-corrected chi connectivity index (χ0v) is 11.7. The molecule has 1 aromatic heterocycles. The lowest BCUT2D eigenvalue weighted by Gasteiger charge is -2.06. The van der Waals surface area contributed by atoms with Gasteiger partial charge in [-0.15, -0.1) is 5.10 Å². The van der Waals surface area contributed by atoms with E-state index < -0.39 is 0 Å². The molecule has 0 aliphatic heterocycles. The van der Waals surface area contributed by atoms with Crippen molar-refractivity contribution < 1.29 is 14.3 Å². The first-order valence-corrected chi connectivity index (χ1v) is 6.13. The number of hydrogen-bond acceptors (Lipinski definition) is 4. The van der Waals surface area contributed by atoms with E-state index in [4.69, 9.17) is 9.47 Å². The predicted molar refractivity (Wildman–Crippen MR) is 73.9 cm³/mol. The summed E-state index contributed by atoms with van der Waals surface area (Å²) < 4.78 is 11.7. The number of amides is 1. The Morgan fingerprint density at radius 2 is 1.95 bits per heavy atom. The molecule has 0 fully saturated rings. The van der Waals surface area contributed by atoms with Crippen molar-refractivity contribution in [2.24, 2.45) is 7.05 Å². The van der Waals surface area contributed by atoms with Crippen molar-refractivity contribution in [1.29, 1.82) is 0 Å². The van der Waals surface area contributed by atoms with Crippen molar-refractivity contribution in [3.05, 3.63) is 41.6 Å². The average Bonchev–Trinajstić information content (AvgIpc) is 2.86. The highest BCUT2D eigenvalue weighted by Gasteiger charge is 2.15. The lowest BCUT2D eigenvalue weighted by Crippen LogP contribution is -2.22. The second kappa shape index (κ2) is 6.10. The SMILES string of the molecule is COc1ccc(CNC(=O)c2cn(C)nc2OC)cc1. The molecule has 1 N–H and O–H groups in total. The van der Waals surface area contributed by atoms with Crippen LogP contribution in [0.4, 0.5) is 0 Å². The van der Waals surface area contributed by atoms with Gasteiger partial charge in [-0.25, -0.2) is 0 Å². The Bertz CT molecular complexity index is 590. The first kappa shape index (κ1) is 13.9. The summed E-state index contributed by atoms with van der Waals surface area (Å²) in [5.41, 5.74) is 1.41. The summed E-state index contributed by atoms with van der Waals surface area (Å²) in [5.74, 6) is 0.888. The Morgan fingerprint density at radius 3 is 2.55 bits per heavy atom. The van der Waals surface area contributed by atoms with Crippen LogP contribution in [0, 0.1) is 0 Å². The fraction of sp³-hybridized carbons (Fsp3) is 0.286. The van der Waals surface area contributed by atoms with E-state index in [2.05, 4.69) is 10.4 Å². The number of rotatable bonds is 5. The lowest BCUT2D eigenvalue weighted by molar-refractivity contribution is 0.0948. The predicted octanol–water partition coefficient (Wildman–Crippen LogP) is 1.37. The van der Waals surface area contributed by atoms with Gasteiger partial charge in [0, 0.05) is 19.8 Å². The van der Waals surface area contributed by atoms with Gasteiger partial charge in [-0.1, -0.05) is 12.1 Å². The largest absolute Gasteiger partial charge is 0.497 e. The normalized spacial score (nSPS) is 10.2. The quantitative estimate of drug-likeness (QED) is 0.895. The number of nitrogens with one attached hydrogen (secondary N) is 1. The monoisotopic (exact) mass is 275 g/mol. The summed E-state index contributed by atoms with van der Waals surface area (Å²) in [6, 6.07) is 7.51.